The molecule has 1 heterocycles. The van der Waals surface area contributed by atoms with Crippen molar-refractivity contribution in [2.75, 3.05) is 12.9 Å². The summed E-state index contributed by atoms with van der Waals surface area (Å²) < 4.78 is 5.65. The van der Waals surface area contributed by atoms with Crippen LogP contribution < -0.4 is 0 Å². The minimum absolute atomic E-state index is 0.0239. The van der Waals surface area contributed by atoms with Gasteiger partial charge in [-0.25, -0.2) is 4.79 Å². The predicted octanol–water partition coefficient (Wildman–Crippen LogP) is 4.63. The fourth-order valence-electron chi connectivity index (χ4n) is 3.59. The molecule has 0 bridgehead atoms. The quantitative estimate of drug-likeness (QED) is 0.520. The van der Waals surface area contributed by atoms with Gasteiger partial charge in [0.05, 0.1) is 0 Å². The molecule has 0 aliphatic carbocycles. The zero-order valence-electron chi connectivity index (χ0n) is 17.1. The van der Waals surface area contributed by atoms with Gasteiger partial charge in [0, 0.05) is 18.3 Å². The monoisotopic (exact) mass is 374 g/mol. The van der Waals surface area contributed by atoms with Crippen LogP contribution in [0.25, 0.3) is 0 Å². The van der Waals surface area contributed by atoms with E-state index in [0.29, 0.717) is 12.3 Å². The molecule has 0 N–H and O–H groups in total. The number of nitrogens with zero attached hydrogens (tertiary/aromatic N) is 2. The smallest absolute Gasteiger partial charge is 0.412 e. The molecule has 1 saturated heterocycles. The second kappa shape index (κ2) is 7.73. The highest BCUT2D eigenvalue weighted by atomic mass is 35.5. The molecule has 2 amide bonds. The van der Waals surface area contributed by atoms with Crippen LogP contribution >= 0.6 is 11.6 Å². The van der Waals surface area contributed by atoms with E-state index in [1.807, 2.05) is 48.5 Å². The number of hydrogen-bond donors (Lipinski definition) is 0. The highest BCUT2D eigenvalue weighted by Gasteiger charge is 2.59. The number of likely N-dealkylation sites (N-methyl/N-ethyl adjacent to an activating group) is 1. The van der Waals surface area contributed by atoms with Crippen LogP contribution in [0.2, 0.25) is 0 Å². The Kier molecular flexibility index (Phi) is 6.82. The third-order valence-electron chi connectivity index (χ3n) is 4.59. The van der Waals surface area contributed by atoms with Crippen LogP contribution in [0.5, 0.6) is 0 Å². The van der Waals surface area contributed by atoms with E-state index < -0.39 is 17.2 Å². The third kappa shape index (κ3) is 5.02. The molecule has 0 unspecified atom stereocenters. The van der Waals surface area contributed by atoms with Crippen LogP contribution in [-0.2, 0) is 9.53 Å². The number of halogens is 1. The van der Waals surface area contributed by atoms with Crippen LogP contribution in [0.1, 0.15) is 74.1 Å². The zero-order valence-corrected chi connectivity index (χ0v) is 17.9. The second-order valence-electron chi connectivity index (χ2n) is 9.28. The van der Waals surface area contributed by atoms with Crippen LogP contribution in [0.4, 0.5) is 4.79 Å². The summed E-state index contributed by atoms with van der Waals surface area (Å²) in [6.07, 6.45) is 2.55. The van der Waals surface area contributed by atoms with Gasteiger partial charge in [0.25, 0.3) is 0 Å². The summed E-state index contributed by atoms with van der Waals surface area (Å²) in [7, 11) is 1.78. The standard InChI is InChI=1S/C19H35ClN2O3/c1-17(2,3)14-21(8)15(23)19(7,12-10-9-11-13-20)22(14)16(24)25-18(4,5)6/h14H,9-13H2,1-8H3/t14-,19-/m0/s1. The Bertz CT molecular complexity index is 496. The van der Waals surface area contributed by atoms with E-state index in [0.717, 1.165) is 19.3 Å². The topological polar surface area (TPSA) is 49.9 Å². The molecule has 6 heteroatoms. The average molecular weight is 375 g/mol. The highest BCUT2D eigenvalue weighted by molar-refractivity contribution is 6.17. The summed E-state index contributed by atoms with van der Waals surface area (Å²) >= 11 is 5.76. The predicted molar refractivity (Wildman–Crippen MR) is 102 cm³/mol. The van der Waals surface area contributed by atoms with Crippen molar-refractivity contribution in [3.8, 4) is 0 Å². The van der Waals surface area contributed by atoms with Crippen LogP contribution in [0, 0.1) is 5.41 Å². The maximum atomic E-state index is 13.1. The summed E-state index contributed by atoms with van der Waals surface area (Å²) in [4.78, 5) is 29.5. The van der Waals surface area contributed by atoms with E-state index in [4.69, 9.17) is 16.3 Å². The van der Waals surface area contributed by atoms with Crippen molar-refractivity contribution in [2.24, 2.45) is 5.41 Å². The molecule has 0 aromatic carbocycles. The van der Waals surface area contributed by atoms with Crippen LogP contribution in [0.15, 0.2) is 0 Å². The van der Waals surface area contributed by atoms with Gasteiger partial charge in [-0.2, -0.15) is 0 Å². The third-order valence-corrected chi connectivity index (χ3v) is 4.85. The first-order chi connectivity index (χ1) is 11.3. The number of amides is 2. The lowest BCUT2D eigenvalue weighted by Gasteiger charge is -2.42. The summed E-state index contributed by atoms with van der Waals surface area (Å²) in [5, 5.41) is 0. The number of carbonyl (C=O) groups excluding carboxylic acids is 2. The Labute approximate surface area is 158 Å². The second-order valence-corrected chi connectivity index (χ2v) is 9.66. The molecule has 1 aliphatic rings. The van der Waals surface area contributed by atoms with Crippen LogP contribution in [0.3, 0.4) is 0 Å². The van der Waals surface area contributed by atoms with Crippen molar-refractivity contribution in [1.29, 1.82) is 0 Å². The van der Waals surface area contributed by atoms with Crippen molar-refractivity contribution < 1.29 is 14.3 Å². The molecule has 0 spiro atoms. The summed E-state index contributed by atoms with van der Waals surface area (Å²) in [6.45, 7) is 13.5. The van der Waals surface area contributed by atoms with E-state index in [1.54, 1.807) is 16.8 Å². The minimum atomic E-state index is -0.888. The Morgan fingerprint density at radius 2 is 1.72 bits per heavy atom. The normalized spacial score (nSPS) is 24.8. The van der Waals surface area contributed by atoms with E-state index in [9.17, 15) is 9.59 Å². The Hall–Kier alpha value is -0.970. The van der Waals surface area contributed by atoms with Gasteiger partial charge in [-0.15, -0.1) is 11.6 Å². The van der Waals surface area contributed by atoms with Crippen molar-refractivity contribution in [1.82, 2.24) is 9.80 Å². The van der Waals surface area contributed by atoms with E-state index in [1.165, 1.54) is 0 Å². The summed E-state index contributed by atoms with van der Waals surface area (Å²) in [5.74, 6) is 0.592. The van der Waals surface area contributed by atoms with E-state index in [2.05, 4.69) is 0 Å². The molecule has 1 rings (SSSR count). The lowest BCUT2D eigenvalue weighted by Crippen LogP contribution is -2.56. The lowest BCUT2D eigenvalue weighted by molar-refractivity contribution is -0.133. The van der Waals surface area contributed by atoms with Gasteiger partial charge in [-0.05, 0) is 40.5 Å². The maximum Gasteiger partial charge on any atom is 0.412 e. The minimum Gasteiger partial charge on any atom is -0.444 e. The van der Waals surface area contributed by atoms with Gasteiger partial charge >= 0.3 is 6.09 Å². The average Bonchev–Trinajstić information content (AvgIpc) is 2.63. The molecule has 25 heavy (non-hydrogen) atoms. The van der Waals surface area contributed by atoms with Gasteiger partial charge in [0.2, 0.25) is 5.91 Å². The largest absolute Gasteiger partial charge is 0.444 e. The molecule has 0 radical (unpaired) electrons. The summed E-state index contributed by atoms with van der Waals surface area (Å²) in [5.41, 5.74) is -1.78. The molecule has 1 fully saturated rings. The molecule has 0 saturated carbocycles. The number of ether oxygens (including phenoxy) is 1. The molecule has 5 nitrogen and oxygen atoms in total. The maximum absolute atomic E-state index is 13.1. The zero-order chi connectivity index (χ0) is 19.6. The molecular weight excluding hydrogens is 340 g/mol. The number of alkyl halides is 1. The van der Waals surface area contributed by atoms with E-state index >= 15 is 0 Å². The number of hydrogen-bond acceptors (Lipinski definition) is 3. The molecule has 0 aromatic rings. The fourth-order valence-corrected chi connectivity index (χ4v) is 3.77. The Balaban J connectivity index is 3.21. The van der Waals surface area contributed by atoms with Crippen molar-refractivity contribution >= 4 is 23.6 Å². The first-order valence-corrected chi connectivity index (χ1v) is 9.64. The summed E-state index contributed by atoms with van der Waals surface area (Å²) in [6, 6.07) is 0. The first-order valence-electron chi connectivity index (χ1n) is 9.11. The van der Waals surface area contributed by atoms with Crippen molar-refractivity contribution in [3.05, 3.63) is 0 Å². The molecule has 1 aliphatic heterocycles. The number of rotatable bonds is 5. The lowest BCUT2D eigenvalue weighted by atomic mass is 9.89. The molecule has 0 aromatic heterocycles. The molecular formula is C19H35ClN2O3. The van der Waals surface area contributed by atoms with E-state index in [-0.39, 0.29) is 17.5 Å². The SMILES string of the molecule is CN1C(=O)[C@](C)(CCCCCCl)N(C(=O)OC(C)(C)C)[C@H]1C(C)(C)C. The van der Waals surface area contributed by atoms with Gasteiger partial charge < -0.3 is 9.64 Å². The van der Waals surface area contributed by atoms with Crippen molar-refractivity contribution in [3.63, 3.8) is 0 Å². The van der Waals surface area contributed by atoms with Gasteiger partial charge in [-0.3, -0.25) is 9.69 Å². The Morgan fingerprint density at radius 1 is 1.16 bits per heavy atom. The fraction of sp³-hybridized carbons (Fsp3) is 0.895. The highest BCUT2D eigenvalue weighted by Crippen LogP contribution is 2.42. The molecule has 146 valence electrons. The molecule has 2 atom stereocenters. The van der Waals surface area contributed by atoms with Gasteiger partial charge in [-0.1, -0.05) is 33.6 Å². The Morgan fingerprint density at radius 3 is 2.16 bits per heavy atom. The van der Waals surface area contributed by atoms with Crippen molar-refractivity contribution in [2.45, 2.75) is 91.5 Å². The van der Waals surface area contributed by atoms with Crippen LogP contribution in [-0.4, -0.2) is 52.0 Å². The first kappa shape index (κ1) is 22.1. The van der Waals surface area contributed by atoms with Gasteiger partial charge in [0.15, 0.2) is 0 Å². The number of unbranched alkanes of at least 4 members (excludes halogenated alkanes) is 2. The number of carbonyl (C=O) groups is 2. The van der Waals surface area contributed by atoms with Gasteiger partial charge in [0.1, 0.15) is 17.3 Å².